The van der Waals surface area contributed by atoms with Gasteiger partial charge >= 0.3 is 0 Å². The molecular weight excluding hydrogens is 344 g/mol. The van der Waals surface area contributed by atoms with Gasteiger partial charge in [-0.1, -0.05) is 32.0 Å². The third kappa shape index (κ3) is 2.68. The van der Waals surface area contributed by atoms with Crippen LogP contribution in [0.1, 0.15) is 47.5 Å². The first-order valence-electron chi connectivity index (χ1n) is 11.2. The standard InChI is InChI=1S/C25H25N2O/c1-14(2)18-11-17(5)27(7)22(12-18)24-15(3)8-9-19-20-10-16(4)21(26-6)13-23(20)28-25(19)24/h8-14H,1-5,7H3/q+1/i1D3,14D. The van der Waals surface area contributed by atoms with E-state index in [2.05, 4.69) is 4.85 Å². The van der Waals surface area contributed by atoms with Crippen LogP contribution in [0.2, 0.25) is 0 Å². The summed E-state index contributed by atoms with van der Waals surface area (Å²) in [6.45, 7) is 12.2. The number of hydrogen-bond acceptors (Lipinski definition) is 1. The number of rotatable bonds is 2. The summed E-state index contributed by atoms with van der Waals surface area (Å²) >= 11 is 0. The Morgan fingerprint density at radius 3 is 2.61 bits per heavy atom. The molecule has 0 amide bonds. The quantitative estimate of drug-likeness (QED) is 0.284. The Labute approximate surface area is 171 Å². The Kier molecular flexibility index (Phi) is 3.24. The van der Waals surface area contributed by atoms with Gasteiger partial charge in [0, 0.05) is 35.3 Å². The molecule has 4 rings (SSSR count). The highest BCUT2D eigenvalue weighted by Gasteiger charge is 2.23. The zero-order valence-corrected chi connectivity index (χ0v) is 16.8. The van der Waals surface area contributed by atoms with Crippen molar-refractivity contribution in [1.82, 2.24) is 0 Å². The molecule has 0 radical (unpaired) electrons. The molecule has 28 heavy (non-hydrogen) atoms. The fourth-order valence-corrected chi connectivity index (χ4v) is 3.77. The SMILES string of the molecule is [2H]C([2H])([2H])C([2H])(C)c1cc(C)[n+](C)c(-c2c(C)ccc3c2oc2cc([N+]#[C-])c(C)cc23)c1. The molecule has 0 bridgehead atoms. The maximum absolute atomic E-state index is 8.59. The number of pyridine rings is 1. The lowest BCUT2D eigenvalue weighted by Gasteiger charge is -2.11. The second kappa shape index (κ2) is 6.49. The van der Waals surface area contributed by atoms with Crippen molar-refractivity contribution in [2.24, 2.45) is 7.05 Å². The normalized spacial score (nSPS) is 16.1. The summed E-state index contributed by atoms with van der Waals surface area (Å²) in [5.74, 6) is -1.75. The molecule has 0 fully saturated rings. The first-order valence-corrected chi connectivity index (χ1v) is 9.22. The van der Waals surface area contributed by atoms with Crippen LogP contribution < -0.4 is 4.57 Å². The highest BCUT2D eigenvalue weighted by Crippen LogP contribution is 2.39. The summed E-state index contributed by atoms with van der Waals surface area (Å²) in [7, 11) is 1.92. The molecule has 3 nitrogen and oxygen atoms in total. The van der Waals surface area contributed by atoms with E-state index in [-0.39, 0.29) is 0 Å². The Balaban J connectivity index is 2.09. The molecule has 0 N–H and O–H groups in total. The van der Waals surface area contributed by atoms with Crippen molar-refractivity contribution < 1.29 is 14.5 Å². The van der Waals surface area contributed by atoms with Crippen molar-refractivity contribution in [3.8, 4) is 11.3 Å². The fraction of sp³-hybridized carbons (Fsp3) is 0.280. The molecule has 0 saturated carbocycles. The van der Waals surface area contributed by atoms with Gasteiger partial charge in [-0.25, -0.2) is 4.85 Å². The number of nitrogens with zero attached hydrogens (tertiary/aromatic N) is 2. The molecule has 1 unspecified atom stereocenters. The van der Waals surface area contributed by atoms with E-state index in [9.17, 15) is 0 Å². The number of benzene rings is 2. The van der Waals surface area contributed by atoms with Gasteiger partial charge in [-0.2, -0.15) is 4.57 Å². The van der Waals surface area contributed by atoms with Gasteiger partial charge in [0.1, 0.15) is 18.2 Å². The van der Waals surface area contributed by atoms with Gasteiger partial charge in [-0.3, -0.25) is 0 Å². The third-order valence-corrected chi connectivity index (χ3v) is 5.52. The Morgan fingerprint density at radius 2 is 1.89 bits per heavy atom. The van der Waals surface area contributed by atoms with E-state index >= 15 is 0 Å². The van der Waals surface area contributed by atoms with E-state index < -0.39 is 12.7 Å². The molecule has 0 saturated heterocycles. The van der Waals surface area contributed by atoms with Gasteiger partial charge in [-0.15, -0.1) is 0 Å². The number of furan rings is 1. The van der Waals surface area contributed by atoms with Crippen LogP contribution in [0.3, 0.4) is 0 Å². The average Bonchev–Trinajstić information content (AvgIpc) is 3.05. The maximum atomic E-state index is 8.59. The van der Waals surface area contributed by atoms with E-state index in [0.717, 1.165) is 38.9 Å². The van der Waals surface area contributed by atoms with Crippen LogP contribution in [0.25, 0.3) is 38.0 Å². The predicted octanol–water partition coefficient (Wildman–Crippen LogP) is 6.68. The van der Waals surface area contributed by atoms with Gasteiger partial charge in [0.15, 0.2) is 11.4 Å². The second-order valence-corrected chi connectivity index (χ2v) is 7.44. The smallest absolute Gasteiger partial charge is 0.216 e. The zero-order chi connectivity index (χ0) is 23.6. The minimum atomic E-state index is -2.47. The fourth-order valence-electron chi connectivity index (χ4n) is 3.77. The van der Waals surface area contributed by atoms with Crippen LogP contribution in [0, 0.1) is 27.3 Å². The molecule has 0 aliphatic carbocycles. The lowest BCUT2D eigenvalue weighted by molar-refractivity contribution is -0.666. The second-order valence-electron chi connectivity index (χ2n) is 7.44. The van der Waals surface area contributed by atoms with Crippen molar-refractivity contribution in [3.05, 3.63) is 70.2 Å². The Hall–Kier alpha value is -3.12. The van der Waals surface area contributed by atoms with Crippen molar-refractivity contribution in [2.75, 3.05) is 0 Å². The van der Waals surface area contributed by atoms with Gasteiger partial charge < -0.3 is 4.42 Å². The summed E-state index contributed by atoms with van der Waals surface area (Å²) in [6, 6.07) is 11.3. The molecule has 1 atom stereocenters. The van der Waals surface area contributed by atoms with E-state index in [1.807, 2.05) is 50.6 Å². The predicted molar refractivity (Wildman–Crippen MR) is 115 cm³/mol. The van der Waals surface area contributed by atoms with Crippen LogP contribution in [0.15, 0.2) is 40.8 Å². The van der Waals surface area contributed by atoms with E-state index in [1.165, 1.54) is 6.92 Å². The van der Waals surface area contributed by atoms with Crippen molar-refractivity contribution >= 4 is 27.6 Å². The van der Waals surface area contributed by atoms with Crippen LogP contribution >= 0.6 is 0 Å². The van der Waals surface area contributed by atoms with Crippen molar-refractivity contribution in [2.45, 2.75) is 40.4 Å². The third-order valence-electron chi connectivity index (χ3n) is 5.52. The molecule has 2 aromatic carbocycles. The highest BCUT2D eigenvalue weighted by molar-refractivity contribution is 6.10. The van der Waals surface area contributed by atoms with Crippen LogP contribution in [-0.4, -0.2) is 0 Å². The van der Waals surface area contributed by atoms with Gasteiger partial charge in [-0.05, 0) is 42.5 Å². The lowest BCUT2D eigenvalue weighted by atomic mass is 9.96. The summed E-state index contributed by atoms with van der Waals surface area (Å²) in [5, 5.41) is 1.88. The summed E-state index contributed by atoms with van der Waals surface area (Å²) in [4.78, 5) is 3.59. The van der Waals surface area contributed by atoms with Gasteiger partial charge in [0.25, 0.3) is 0 Å². The minimum absolute atomic E-state index is 0.432. The minimum Gasteiger partial charge on any atom is -0.456 e. The van der Waals surface area contributed by atoms with Crippen LogP contribution in [-0.2, 0) is 7.05 Å². The monoisotopic (exact) mass is 373 g/mol. The topological polar surface area (TPSA) is 21.4 Å². The average molecular weight is 374 g/mol. The van der Waals surface area contributed by atoms with E-state index in [0.29, 0.717) is 22.4 Å². The van der Waals surface area contributed by atoms with Crippen LogP contribution in [0.5, 0.6) is 0 Å². The Morgan fingerprint density at radius 1 is 1.11 bits per heavy atom. The summed E-state index contributed by atoms with van der Waals surface area (Å²) in [6.07, 6.45) is 0. The number of aryl methyl sites for hydroxylation is 3. The first kappa shape index (κ1) is 14.0. The van der Waals surface area contributed by atoms with Gasteiger partial charge in [0.2, 0.25) is 5.69 Å². The zero-order valence-electron chi connectivity index (χ0n) is 20.8. The highest BCUT2D eigenvalue weighted by atomic mass is 16.3. The molecule has 3 heteroatoms. The van der Waals surface area contributed by atoms with Crippen molar-refractivity contribution in [3.63, 3.8) is 0 Å². The molecular formula is C25H25N2O+. The van der Waals surface area contributed by atoms with E-state index in [4.69, 9.17) is 16.5 Å². The molecule has 2 heterocycles. The van der Waals surface area contributed by atoms with Crippen molar-refractivity contribution in [1.29, 1.82) is 0 Å². The van der Waals surface area contributed by atoms with Gasteiger partial charge in [0.05, 0.1) is 12.1 Å². The molecule has 0 aliphatic heterocycles. The number of aromatic nitrogens is 1. The van der Waals surface area contributed by atoms with Crippen LogP contribution in [0.4, 0.5) is 5.69 Å². The first-order chi connectivity index (χ1) is 14.9. The summed E-state index contributed by atoms with van der Waals surface area (Å²) < 4.78 is 40.5. The molecule has 0 aliphatic rings. The molecule has 4 aromatic rings. The largest absolute Gasteiger partial charge is 0.456 e. The summed E-state index contributed by atoms with van der Waals surface area (Å²) in [5.41, 5.74) is 6.68. The molecule has 140 valence electrons. The lowest BCUT2D eigenvalue weighted by Crippen LogP contribution is -2.35. The molecule has 2 aromatic heterocycles. The Bertz CT molecular complexity index is 1440. The number of fused-ring (bicyclic) bond motifs is 3. The molecule has 0 spiro atoms. The maximum Gasteiger partial charge on any atom is 0.216 e. The van der Waals surface area contributed by atoms with E-state index in [1.54, 1.807) is 18.2 Å². The number of hydrogen-bond donors (Lipinski definition) is 0.